The number of halogens is 10. The van der Waals surface area contributed by atoms with Crippen molar-refractivity contribution in [1.29, 1.82) is 0 Å². The maximum atomic E-state index is 18.7. The molecule has 0 amide bonds. The molecule has 10 aromatic rings. The maximum absolute atomic E-state index is 18.7. The molecule has 0 saturated carbocycles. The van der Waals surface area contributed by atoms with Crippen molar-refractivity contribution in [2.45, 2.75) is 0 Å². The molecule has 0 saturated heterocycles. The van der Waals surface area contributed by atoms with Gasteiger partial charge in [0.1, 0.15) is 0 Å². The molecule has 4 N–H and O–H groups in total. The van der Waals surface area contributed by atoms with Crippen molar-refractivity contribution in [3.05, 3.63) is 201 Å². The second kappa shape index (κ2) is 20.8. The Kier molecular flexibility index (Phi) is 13.2. The number of methoxy groups -OCH3 is 4. The summed E-state index contributed by atoms with van der Waals surface area (Å²) in [5.41, 5.74) is -6.32. The third-order valence-corrected chi connectivity index (χ3v) is 24.8. The molecule has 0 unspecified atom stereocenters. The van der Waals surface area contributed by atoms with Crippen LogP contribution >= 0.6 is 17.8 Å². The SMILES string of the molecule is COc1c(F)c2c(c(F)c1Nc1ccccc1)C1=Nc3c4c(F)c(Nc5ccccc5)c(OC)c(F)c4c4[n]3[Sn]([Cl])([Cl])[n]3c(c5c(F)c(Nc6ccccc6)c(OC)c(F)c5c3=NC2=N1)=NC1=NC(=N4)c2c(F)c(OC)c(Nc3ccccc3)c(F)c21. The minimum absolute atomic E-state index is 0.211. The number of ether oxygens (including phenoxy) is 4. The van der Waals surface area contributed by atoms with Crippen LogP contribution in [0.4, 0.5) is 92.3 Å². The Morgan fingerprint density at radius 1 is 0.333 bits per heavy atom. The molecule has 27 heteroatoms. The molecule has 87 heavy (non-hydrogen) atoms. The van der Waals surface area contributed by atoms with Crippen molar-refractivity contribution >= 4 is 137 Å². The zero-order valence-corrected chi connectivity index (χ0v) is 49.4. The predicted molar refractivity (Wildman–Crippen MR) is 318 cm³/mol. The third-order valence-electron chi connectivity index (χ3n) is 14.8. The van der Waals surface area contributed by atoms with Crippen LogP contribution in [-0.4, -0.2) is 74.0 Å². The van der Waals surface area contributed by atoms with E-state index in [-0.39, 0.29) is 22.7 Å². The Labute approximate surface area is 497 Å². The van der Waals surface area contributed by atoms with Gasteiger partial charge in [-0.05, 0) is 0 Å². The fourth-order valence-corrected chi connectivity index (χ4v) is 20.7. The first-order chi connectivity index (χ1) is 42.1. The van der Waals surface area contributed by atoms with Gasteiger partial charge in [-0.25, -0.2) is 0 Å². The summed E-state index contributed by atoms with van der Waals surface area (Å²) >= 11 is -6.85. The molecular weight excluding hydrogens is 1290 g/mol. The number of benzene rings is 8. The molecule has 0 aliphatic carbocycles. The number of anilines is 8. The van der Waals surface area contributed by atoms with E-state index < -0.39 is 199 Å². The van der Waals surface area contributed by atoms with E-state index in [9.17, 15) is 0 Å². The summed E-state index contributed by atoms with van der Waals surface area (Å²) in [6.45, 7) is 0. The molecular formula is C60H36Cl2F8N12O4Sn. The Morgan fingerprint density at radius 3 is 0.966 bits per heavy atom. The molecule has 434 valence electrons. The quantitative estimate of drug-likeness (QED) is 0.0692. The van der Waals surface area contributed by atoms with Gasteiger partial charge in [0.2, 0.25) is 0 Å². The Bertz CT molecular complexity index is 4940. The molecule has 6 bridgehead atoms. The second-order valence-electron chi connectivity index (χ2n) is 19.5. The summed E-state index contributed by atoms with van der Waals surface area (Å²) in [4.78, 5) is 28.1. The van der Waals surface area contributed by atoms with Crippen LogP contribution in [0.25, 0.3) is 21.5 Å². The topological polar surface area (TPSA) is 169 Å². The summed E-state index contributed by atoms with van der Waals surface area (Å²) in [5.74, 6) is -18.6. The Hall–Kier alpha value is -9.66. The van der Waals surface area contributed by atoms with E-state index in [4.69, 9.17) is 56.8 Å². The number of aromatic nitrogens is 2. The van der Waals surface area contributed by atoms with Gasteiger partial charge in [-0.2, -0.15) is 0 Å². The van der Waals surface area contributed by atoms with Gasteiger partial charge in [0.15, 0.2) is 0 Å². The van der Waals surface area contributed by atoms with Crippen molar-refractivity contribution in [3.63, 3.8) is 0 Å². The van der Waals surface area contributed by atoms with Gasteiger partial charge in [0, 0.05) is 0 Å². The van der Waals surface area contributed by atoms with E-state index in [1.54, 1.807) is 97.1 Å². The van der Waals surface area contributed by atoms with Gasteiger partial charge >= 0.3 is 500 Å². The van der Waals surface area contributed by atoms with Gasteiger partial charge in [0.25, 0.3) is 0 Å². The number of fused-ring (bicyclic) bond motifs is 14. The van der Waals surface area contributed by atoms with E-state index in [0.717, 1.165) is 34.0 Å². The van der Waals surface area contributed by atoms with Crippen LogP contribution in [0.3, 0.4) is 0 Å². The van der Waals surface area contributed by atoms with Crippen LogP contribution in [0.5, 0.6) is 23.0 Å². The monoisotopic (exact) mass is 1330 g/mol. The molecule has 14 rings (SSSR count). The van der Waals surface area contributed by atoms with E-state index >= 15 is 35.1 Å². The van der Waals surface area contributed by atoms with Crippen LogP contribution in [0, 0.1) is 46.5 Å². The van der Waals surface area contributed by atoms with Crippen molar-refractivity contribution in [2.75, 3.05) is 49.7 Å². The van der Waals surface area contributed by atoms with Crippen molar-refractivity contribution in [2.24, 2.45) is 30.0 Å². The predicted octanol–water partition coefficient (Wildman–Crippen LogP) is 14.0. The average molecular weight is 1330 g/mol. The Morgan fingerprint density at radius 2 is 0.609 bits per heavy atom. The van der Waals surface area contributed by atoms with Crippen molar-refractivity contribution < 1.29 is 54.1 Å². The number of para-hydroxylation sites is 4. The molecule has 6 heterocycles. The fourth-order valence-electron chi connectivity index (χ4n) is 11.1. The molecule has 16 nitrogen and oxygen atoms in total. The van der Waals surface area contributed by atoms with Gasteiger partial charge in [-0.1, -0.05) is 0 Å². The number of aliphatic imine (C=N–C) groups is 4. The summed E-state index contributed by atoms with van der Waals surface area (Å²) < 4.78 is 170. The summed E-state index contributed by atoms with van der Waals surface area (Å²) in [6, 6.07) is 31.9. The second-order valence-corrected chi connectivity index (χ2v) is 33.4. The van der Waals surface area contributed by atoms with Crippen LogP contribution in [0.15, 0.2) is 151 Å². The molecule has 2 aromatic heterocycles. The molecule has 0 radical (unpaired) electrons. The number of nitrogens with one attached hydrogen (secondary N) is 4. The van der Waals surface area contributed by atoms with Crippen LogP contribution in [0.2, 0.25) is 0 Å². The number of hydrogen-bond donors (Lipinski definition) is 4. The van der Waals surface area contributed by atoms with Crippen LogP contribution < -0.4 is 51.2 Å². The Balaban J connectivity index is 1.23. The van der Waals surface area contributed by atoms with E-state index in [1.165, 1.54) is 24.3 Å². The normalized spacial score (nSPS) is 14.0. The fraction of sp³-hybridized carbons (Fsp3) is 0.0667. The van der Waals surface area contributed by atoms with Gasteiger partial charge in [-0.15, -0.1) is 0 Å². The first-order valence-electron chi connectivity index (χ1n) is 26.0. The van der Waals surface area contributed by atoms with Crippen molar-refractivity contribution in [3.8, 4) is 23.0 Å². The minimum atomic E-state index is -6.85. The zero-order chi connectivity index (χ0) is 60.5. The standard InChI is InChI=1S/C60H36F8N12O4.2ClH.Sn/c1-81-49-41(65)33-29(37(61)45(49)69-25-17-9-5-10-18-25)53-73-54-31-35(43(67)51(83-3)47(39(31)63)71-27-21-13-7-14-22-27)59(77-54)80-60-36-32(40(64)48(52(84-4)44(36)68)72-28-23-15-8-16-24-28)56(78-60)74-55-30-34(58(76-55)79-57(33)75-53)42(66)50(82-2)46(38(30)62)70-26-19-11-6-12-20-26;;;/h5-24,69-72H,1-4H3;2*1H;/q-2;;;+4/p-2. The average Bonchev–Trinajstić information content (AvgIpc) is 1.56. The van der Waals surface area contributed by atoms with Gasteiger partial charge < -0.3 is 0 Å². The molecule has 0 atom stereocenters. The van der Waals surface area contributed by atoms with Crippen LogP contribution in [-0.2, 0) is 0 Å². The number of amidine groups is 4. The molecule has 4 aliphatic heterocycles. The molecule has 0 spiro atoms. The third kappa shape index (κ3) is 8.23. The first-order valence-corrected chi connectivity index (χ1v) is 35.8. The number of rotatable bonds is 12. The number of nitrogens with zero attached hydrogens (tertiary/aromatic N) is 8. The van der Waals surface area contributed by atoms with Crippen molar-refractivity contribution in [1.82, 2.24) is 5.58 Å². The molecule has 0 fully saturated rings. The zero-order valence-electron chi connectivity index (χ0n) is 45.0. The first kappa shape index (κ1) is 55.2. The van der Waals surface area contributed by atoms with E-state index in [1.807, 2.05) is 0 Å². The number of hydrogen-bond acceptors (Lipinski definition) is 14. The van der Waals surface area contributed by atoms with Gasteiger partial charge in [-0.3, -0.25) is 0 Å². The summed E-state index contributed by atoms with van der Waals surface area (Å²) in [6.07, 6.45) is 0. The summed E-state index contributed by atoms with van der Waals surface area (Å²) in [7, 11) is 20.3. The van der Waals surface area contributed by atoms with Crippen LogP contribution in [0.1, 0.15) is 22.3 Å². The molecule has 4 aliphatic rings. The van der Waals surface area contributed by atoms with E-state index in [2.05, 4.69) is 31.3 Å². The van der Waals surface area contributed by atoms with Gasteiger partial charge in [0.05, 0.1) is 0 Å². The molecule has 8 aromatic carbocycles. The van der Waals surface area contributed by atoms with E-state index in [0.29, 0.717) is 0 Å². The summed E-state index contributed by atoms with van der Waals surface area (Å²) in [5, 5.41) is 7.91.